The predicted octanol–water partition coefficient (Wildman–Crippen LogP) is 3.55. The Bertz CT molecular complexity index is 589. The lowest BCUT2D eigenvalue weighted by atomic mass is 9.83. The van der Waals surface area contributed by atoms with Crippen molar-refractivity contribution in [2.45, 2.75) is 32.7 Å². The monoisotopic (exact) mass is 299 g/mol. The molecule has 2 fully saturated rings. The van der Waals surface area contributed by atoms with E-state index in [1.54, 1.807) is 7.11 Å². The molecular weight excluding hydrogens is 274 g/mol. The van der Waals surface area contributed by atoms with Crippen molar-refractivity contribution in [1.82, 2.24) is 4.90 Å². The molecule has 22 heavy (non-hydrogen) atoms. The first-order valence-electron chi connectivity index (χ1n) is 8.17. The molecule has 0 bridgehead atoms. The van der Waals surface area contributed by atoms with Crippen LogP contribution in [-0.2, 0) is 0 Å². The van der Waals surface area contributed by atoms with Gasteiger partial charge >= 0.3 is 0 Å². The van der Waals surface area contributed by atoms with E-state index in [4.69, 9.17) is 4.74 Å². The van der Waals surface area contributed by atoms with E-state index in [1.165, 1.54) is 18.4 Å². The molecule has 2 aliphatic heterocycles. The van der Waals surface area contributed by atoms with Crippen LogP contribution in [0.3, 0.4) is 0 Å². The first-order chi connectivity index (χ1) is 10.6. The van der Waals surface area contributed by atoms with Gasteiger partial charge in [-0.25, -0.2) is 0 Å². The first-order valence-corrected chi connectivity index (χ1v) is 8.17. The van der Waals surface area contributed by atoms with Crippen molar-refractivity contribution in [2.75, 3.05) is 20.2 Å². The average molecular weight is 299 g/mol. The van der Waals surface area contributed by atoms with Crippen LogP contribution in [0.5, 0.6) is 5.75 Å². The van der Waals surface area contributed by atoms with E-state index in [9.17, 15) is 4.79 Å². The van der Waals surface area contributed by atoms with Gasteiger partial charge in [-0.15, -0.1) is 0 Å². The van der Waals surface area contributed by atoms with Crippen LogP contribution >= 0.6 is 0 Å². The largest absolute Gasteiger partial charge is 0.497 e. The Morgan fingerprint density at radius 1 is 1.36 bits per heavy atom. The van der Waals surface area contributed by atoms with Gasteiger partial charge in [0.15, 0.2) is 5.78 Å². The second-order valence-electron chi connectivity index (χ2n) is 6.73. The van der Waals surface area contributed by atoms with Crippen LogP contribution in [-0.4, -0.2) is 36.9 Å². The number of carbonyl (C=O) groups is 1. The average Bonchev–Trinajstić information content (AvgIpc) is 3.09. The Balaban J connectivity index is 1.88. The van der Waals surface area contributed by atoms with Gasteiger partial charge in [0.1, 0.15) is 5.75 Å². The van der Waals surface area contributed by atoms with E-state index in [-0.39, 0.29) is 11.7 Å². The van der Waals surface area contributed by atoms with E-state index in [0.29, 0.717) is 12.0 Å². The zero-order valence-electron chi connectivity index (χ0n) is 13.7. The molecule has 0 N–H and O–H groups in total. The highest BCUT2D eigenvalue weighted by Gasteiger charge is 2.45. The lowest BCUT2D eigenvalue weighted by Crippen LogP contribution is -2.25. The number of rotatable bonds is 4. The molecule has 1 aromatic rings. The van der Waals surface area contributed by atoms with Gasteiger partial charge < -0.3 is 4.74 Å². The summed E-state index contributed by atoms with van der Waals surface area (Å²) in [5, 5.41) is 0. The molecule has 3 heteroatoms. The van der Waals surface area contributed by atoms with Gasteiger partial charge in [-0.05, 0) is 45.4 Å². The Morgan fingerprint density at radius 3 is 2.91 bits per heavy atom. The molecule has 0 aliphatic carbocycles. The summed E-state index contributed by atoms with van der Waals surface area (Å²) in [6, 6.07) is 8.11. The summed E-state index contributed by atoms with van der Waals surface area (Å²) in [5.74, 6) is 1.44. The fourth-order valence-electron chi connectivity index (χ4n) is 4.02. The Morgan fingerprint density at radius 2 is 2.18 bits per heavy atom. The van der Waals surface area contributed by atoms with Gasteiger partial charge in [0.05, 0.1) is 7.11 Å². The Labute approximate surface area is 133 Å². The van der Waals surface area contributed by atoms with Crippen molar-refractivity contribution in [3.05, 3.63) is 41.5 Å². The molecule has 0 saturated carbocycles. The number of nitrogens with zero attached hydrogens (tertiary/aromatic N) is 1. The van der Waals surface area contributed by atoms with Crippen LogP contribution in [0.15, 0.2) is 35.9 Å². The molecule has 118 valence electrons. The van der Waals surface area contributed by atoms with E-state index in [1.807, 2.05) is 24.3 Å². The predicted molar refractivity (Wildman–Crippen MR) is 88.3 cm³/mol. The summed E-state index contributed by atoms with van der Waals surface area (Å²) in [4.78, 5) is 15.5. The molecular formula is C19H25NO2. The van der Waals surface area contributed by atoms with Crippen molar-refractivity contribution in [3.8, 4) is 5.75 Å². The molecule has 3 rings (SSSR count). The number of fused-ring (bicyclic) bond motifs is 1. The Hall–Kier alpha value is -1.61. The van der Waals surface area contributed by atoms with Gasteiger partial charge in [0.25, 0.3) is 0 Å². The summed E-state index contributed by atoms with van der Waals surface area (Å²) in [6.45, 7) is 6.30. The highest BCUT2D eigenvalue weighted by atomic mass is 16.5. The second kappa shape index (κ2) is 6.25. The van der Waals surface area contributed by atoms with E-state index >= 15 is 0 Å². The number of Topliss-reactive ketones (excluding diaryl/α,β-unsaturated/α-hetero) is 1. The van der Waals surface area contributed by atoms with Gasteiger partial charge in [-0.3, -0.25) is 9.69 Å². The number of methoxy groups -OCH3 is 1. The molecule has 2 saturated heterocycles. The van der Waals surface area contributed by atoms with Crippen LogP contribution in [0.2, 0.25) is 0 Å². The minimum absolute atomic E-state index is 0.0762. The number of allylic oxidation sites excluding steroid dienone is 1. The molecule has 1 aromatic carbocycles. The molecule has 0 amide bonds. The quantitative estimate of drug-likeness (QED) is 0.629. The van der Waals surface area contributed by atoms with Gasteiger partial charge in [0.2, 0.25) is 0 Å². The van der Waals surface area contributed by atoms with Crippen LogP contribution in [0.25, 0.3) is 0 Å². The van der Waals surface area contributed by atoms with Crippen molar-refractivity contribution >= 4 is 5.78 Å². The lowest BCUT2D eigenvalue weighted by molar-refractivity contribution is 0.0905. The van der Waals surface area contributed by atoms with E-state index < -0.39 is 0 Å². The fraction of sp³-hybridized carbons (Fsp3) is 0.526. The normalized spacial score (nSPS) is 27.5. The summed E-state index contributed by atoms with van der Waals surface area (Å²) in [7, 11) is 1.64. The minimum atomic E-state index is 0.0762. The van der Waals surface area contributed by atoms with Gasteiger partial charge in [0, 0.05) is 30.0 Å². The number of hydrogen-bond donors (Lipinski definition) is 0. The number of ether oxygens (including phenoxy) is 1. The third kappa shape index (κ3) is 2.82. The fourth-order valence-corrected chi connectivity index (χ4v) is 4.02. The topological polar surface area (TPSA) is 29.5 Å². The summed E-state index contributed by atoms with van der Waals surface area (Å²) in [6.07, 6.45) is 4.80. The zero-order valence-corrected chi connectivity index (χ0v) is 13.7. The maximum atomic E-state index is 13.0. The van der Waals surface area contributed by atoms with Crippen LogP contribution in [0.1, 0.15) is 37.0 Å². The molecule has 0 spiro atoms. The maximum absolute atomic E-state index is 13.0. The van der Waals surface area contributed by atoms with Crippen molar-refractivity contribution < 1.29 is 9.53 Å². The molecule has 2 heterocycles. The number of hydrogen-bond acceptors (Lipinski definition) is 3. The first kappa shape index (κ1) is 15.3. The van der Waals surface area contributed by atoms with Gasteiger partial charge in [-0.1, -0.05) is 23.8 Å². The maximum Gasteiger partial charge on any atom is 0.168 e. The summed E-state index contributed by atoms with van der Waals surface area (Å²) in [5.41, 5.74) is 2.08. The van der Waals surface area contributed by atoms with Crippen molar-refractivity contribution in [3.63, 3.8) is 0 Å². The van der Waals surface area contributed by atoms with E-state index in [2.05, 4.69) is 24.8 Å². The van der Waals surface area contributed by atoms with E-state index in [0.717, 1.165) is 24.4 Å². The van der Waals surface area contributed by atoms with Crippen LogP contribution < -0.4 is 4.74 Å². The smallest absolute Gasteiger partial charge is 0.168 e. The number of carbonyl (C=O) groups excluding carboxylic acids is 1. The van der Waals surface area contributed by atoms with Crippen LogP contribution in [0.4, 0.5) is 0 Å². The molecule has 2 aliphatic rings. The standard InChI is InChI=1S/C19H25NO2/c1-13(2)10-16-17(12-20-9-5-8-18(16)20)19(21)14-6-4-7-15(11-14)22-3/h4,6-7,10-11,16-18H,5,8-9,12H2,1-3H3/t16-,17+,18+/m0/s1. The summed E-state index contributed by atoms with van der Waals surface area (Å²) < 4.78 is 5.26. The number of ketones is 1. The summed E-state index contributed by atoms with van der Waals surface area (Å²) >= 11 is 0. The van der Waals surface area contributed by atoms with Gasteiger partial charge in [-0.2, -0.15) is 0 Å². The highest BCUT2D eigenvalue weighted by molar-refractivity contribution is 5.99. The molecule has 3 atom stereocenters. The molecule has 0 radical (unpaired) electrons. The molecule has 3 nitrogen and oxygen atoms in total. The van der Waals surface area contributed by atoms with Crippen molar-refractivity contribution in [1.29, 1.82) is 0 Å². The second-order valence-corrected chi connectivity index (χ2v) is 6.73. The lowest BCUT2D eigenvalue weighted by Gasteiger charge is -2.20. The molecule has 0 unspecified atom stereocenters. The zero-order chi connectivity index (χ0) is 15.7. The minimum Gasteiger partial charge on any atom is -0.497 e. The van der Waals surface area contributed by atoms with Crippen molar-refractivity contribution in [2.24, 2.45) is 11.8 Å². The number of benzene rings is 1. The SMILES string of the molecule is COc1cccc(C(=O)[C@@H]2CN3CCC[C@@H]3[C@H]2C=C(C)C)c1. The molecule has 0 aromatic heterocycles. The highest BCUT2D eigenvalue weighted by Crippen LogP contribution is 2.39. The third-order valence-corrected chi connectivity index (χ3v) is 4.97. The third-order valence-electron chi connectivity index (χ3n) is 4.97. The Kier molecular flexibility index (Phi) is 4.34. The van der Waals surface area contributed by atoms with Crippen LogP contribution in [0, 0.1) is 11.8 Å².